The molecule has 0 N–H and O–H groups in total. The Hall–Kier alpha value is -1.95. The van der Waals surface area contributed by atoms with Crippen molar-refractivity contribution < 1.29 is 0 Å². The van der Waals surface area contributed by atoms with Gasteiger partial charge in [0.1, 0.15) is 0 Å². The molecule has 0 unspecified atom stereocenters. The van der Waals surface area contributed by atoms with E-state index in [2.05, 4.69) is 35.0 Å². The zero-order valence-corrected chi connectivity index (χ0v) is 11.6. The lowest BCUT2D eigenvalue weighted by molar-refractivity contribution is 0.378. The molecule has 0 atom stereocenters. The lowest BCUT2D eigenvalue weighted by atomic mass is 9.88. The lowest BCUT2D eigenvalue weighted by Gasteiger charge is -2.33. The minimum atomic E-state index is 0.996. The molecule has 1 saturated heterocycles. The Labute approximate surface area is 114 Å². The van der Waals surface area contributed by atoms with Gasteiger partial charge < -0.3 is 4.90 Å². The summed E-state index contributed by atoms with van der Waals surface area (Å²) in [5, 5.41) is 4.15. The van der Waals surface area contributed by atoms with Gasteiger partial charge in [-0.1, -0.05) is 17.9 Å². The van der Waals surface area contributed by atoms with Gasteiger partial charge in [-0.3, -0.25) is 4.68 Å². The Kier molecular flexibility index (Phi) is 3.16. The highest BCUT2D eigenvalue weighted by Gasteiger charge is 2.21. The van der Waals surface area contributed by atoms with Gasteiger partial charge in [0.05, 0.1) is 11.8 Å². The molecule has 0 saturated carbocycles. The third kappa shape index (κ3) is 2.44. The molecule has 0 spiro atoms. The molecule has 1 aliphatic carbocycles. The van der Waals surface area contributed by atoms with E-state index in [-0.39, 0.29) is 0 Å². The molecule has 2 aliphatic rings. The van der Waals surface area contributed by atoms with Crippen LogP contribution in [0.4, 0.5) is 0 Å². The van der Waals surface area contributed by atoms with E-state index in [1.807, 2.05) is 19.4 Å². The zero-order chi connectivity index (χ0) is 13.2. The quantitative estimate of drug-likeness (QED) is 0.662. The summed E-state index contributed by atoms with van der Waals surface area (Å²) in [5.41, 5.74) is 5.20. The number of nitrogens with zero attached hydrogens (tertiary/aromatic N) is 3. The molecular formula is C16H19N3. The summed E-state index contributed by atoms with van der Waals surface area (Å²) in [6.07, 6.45) is 10.8. The molecule has 1 fully saturated rings. The molecule has 0 bridgehead atoms. The van der Waals surface area contributed by atoms with E-state index in [1.54, 1.807) is 4.68 Å². The Bertz CT molecular complexity index is 607. The second-order valence-corrected chi connectivity index (χ2v) is 5.26. The highest BCUT2D eigenvalue weighted by atomic mass is 15.2. The van der Waals surface area contributed by atoms with Crippen LogP contribution in [0.1, 0.15) is 31.2 Å². The van der Waals surface area contributed by atoms with Gasteiger partial charge >= 0.3 is 0 Å². The van der Waals surface area contributed by atoms with Gasteiger partial charge in [-0.2, -0.15) is 5.10 Å². The van der Waals surface area contributed by atoms with Crippen LogP contribution in [0.15, 0.2) is 35.3 Å². The summed E-state index contributed by atoms with van der Waals surface area (Å²) < 4.78 is 1.79. The molecule has 1 aliphatic heterocycles. The Morgan fingerprint density at radius 1 is 1.21 bits per heavy atom. The van der Waals surface area contributed by atoms with Gasteiger partial charge in [-0.05, 0) is 31.3 Å². The molecule has 3 heteroatoms. The summed E-state index contributed by atoms with van der Waals surface area (Å²) in [7, 11) is 4.10. The van der Waals surface area contributed by atoms with Crippen LogP contribution in [0.5, 0.6) is 0 Å². The number of rotatable bonds is 0. The van der Waals surface area contributed by atoms with Crippen LogP contribution in [0.2, 0.25) is 0 Å². The van der Waals surface area contributed by atoms with E-state index < -0.39 is 0 Å². The van der Waals surface area contributed by atoms with Crippen LogP contribution in [-0.2, 0) is 7.05 Å². The van der Waals surface area contributed by atoms with Crippen LogP contribution in [0, 0.1) is 11.8 Å². The third-order valence-corrected chi connectivity index (χ3v) is 3.80. The average Bonchev–Trinajstić information content (AvgIpc) is 2.83. The molecular weight excluding hydrogens is 234 g/mol. The van der Waals surface area contributed by atoms with E-state index in [0.717, 1.165) is 18.4 Å². The average molecular weight is 253 g/mol. The minimum absolute atomic E-state index is 0.996. The maximum absolute atomic E-state index is 4.15. The summed E-state index contributed by atoms with van der Waals surface area (Å²) >= 11 is 0. The van der Waals surface area contributed by atoms with Crippen molar-refractivity contribution in [2.75, 3.05) is 13.6 Å². The highest BCUT2D eigenvalue weighted by molar-refractivity contribution is 5.49. The van der Waals surface area contributed by atoms with Crippen molar-refractivity contribution in [2.45, 2.75) is 25.7 Å². The molecule has 2 heterocycles. The van der Waals surface area contributed by atoms with Crippen LogP contribution in [-0.4, -0.2) is 28.3 Å². The van der Waals surface area contributed by atoms with E-state index in [4.69, 9.17) is 0 Å². The number of hydrogen-bond donors (Lipinski definition) is 0. The van der Waals surface area contributed by atoms with Gasteiger partial charge in [0.2, 0.25) is 0 Å². The summed E-state index contributed by atoms with van der Waals surface area (Å²) in [5.74, 6) is 6.63. The van der Waals surface area contributed by atoms with Crippen molar-refractivity contribution in [3.8, 4) is 11.8 Å². The molecule has 3 rings (SSSR count). The Morgan fingerprint density at radius 3 is 2.89 bits per heavy atom. The fourth-order valence-electron chi connectivity index (χ4n) is 2.83. The predicted octanol–water partition coefficient (Wildman–Crippen LogP) is 2.47. The minimum Gasteiger partial charge on any atom is -0.375 e. The maximum Gasteiger partial charge on any atom is 0.0646 e. The Balaban J connectivity index is 1.91. The number of likely N-dealkylation sites (N-methyl/N-ethyl adjacent to an activating group) is 1. The van der Waals surface area contributed by atoms with Crippen molar-refractivity contribution in [3.63, 3.8) is 0 Å². The van der Waals surface area contributed by atoms with E-state index >= 15 is 0 Å². The van der Waals surface area contributed by atoms with Gasteiger partial charge in [0, 0.05) is 38.1 Å². The molecule has 19 heavy (non-hydrogen) atoms. The maximum atomic E-state index is 4.15. The standard InChI is InChI=1S/C16H19N3/c1-18-10-4-6-15-14(5-3-7-16(15)18)9-8-13-11-17-19(2)12-13/h7,11-12H,3-6,10H2,1-2H3. The first-order valence-electron chi connectivity index (χ1n) is 6.88. The molecule has 1 aromatic rings. The first-order valence-corrected chi connectivity index (χ1v) is 6.88. The largest absolute Gasteiger partial charge is 0.375 e. The molecule has 0 aromatic carbocycles. The number of fused-ring (bicyclic) bond motifs is 1. The fourth-order valence-corrected chi connectivity index (χ4v) is 2.83. The number of aryl methyl sites for hydroxylation is 1. The third-order valence-electron chi connectivity index (χ3n) is 3.80. The molecule has 1 aromatic heterocycles. The summed E-state index contributed by atoms with van der Waals surface area (Å²) in [6, 6.07) is 0. The van der Waals surface area contributed by atoms with Crippen LogP contribution in [0.3, 0.4) is 0 Å². The van der Waals surface area contributed by atoms with E-state index in [0.29, 0.717) is 0 Å². The second kappa shape index (κ2) is 4.97. The van der Waals surface area contributed by atoms with Crippen LogP contribution < -0.4 is 0 Å². The number of aromatic nitrogens is 2. The van der Waals surface area contributed by atoms with Gasteiger partial charge in [0.25, 0.3) is 0 Å². The SMILES string of the molecule is CN1CCCC2=C(C#Cc3cnn(C)c3)CCC=C21. The first kappa shape index (κ1) is 12.1. The topological polar surface area (TPSA) is 21.1 Å². The Morgan fingerprint density at radius 2 is 2.11 bits per heavy atom. The van der Waals surface area contributed by atoms with Gasteiger partial charge in [-0.25, -0.2) is 0 Å². The van der Waals surface area contributed by atoms with Crippen molar-refractivity contribution in [1.82, 2.24) is 14.7 Å². The van der Waals surface area contributed by atoms with Crippen molar-refractivity contribution >= 4 is 0 Å². The molecule has 0 radical (unpaired) electrons. The molecule has 3 nitrogen and oxygen atoms in total. The van der Waals surface area contributed by atoms with Crippen molar-refractivity contribution in [2.24, 2.45) is 7.05 Å². The van der Waals surface area contributed by atoms with Crippen molar-refractivity contribution in [1.29, 1.82) is 0 Å². The normalized spacial score (nSPS) is 18.6. The number of hydrogen-bond acceptors (Lipinski definition) is 2. The van der Waals surface area contributed by atoms with Crippen LogP contribution in [0.25, 0.3) is 0 Å². The monoisotopic (exact) mass is 253 g/mol. The lowest BCUT2D eigenvalue weighted by Crippen LogP contribution is -2.27. The number of allylic oxidation sites excluding steroid dienone is 3. The van der Waals surface area contributed by atoms with Gasteiger partial charge in [0.15, 0.2) is 0 Å². The number of piperidine rings is 1. The van der Waals surface area contributed by atoms with Gasteiger partial charge in [-0.15, -0.1) is 0 Å². The smallest absolute Gasteiger partial charge is 0.0646 e. The van der Waals surface area contributed by atoms with Crippen molar-refractivity contribution in [3.05, 3.63) is 40.9 Å². The highest BCUT2D eigenvalue weighted by Crippen LogP contribution is 2.33. The van der Waals surface area contributed by atoms with E-state index in [1.165, 1.54) is 36.2 Å². The second-order valence-electron chi connectivity index (χ2n) is 5.26. The summed E-state index contributed by atoms with van der Waals surface area (Å²) in [4.78, 5) is 2.36. The van der Waals surface area contributed by atoms with E-state index in [9.17, 15) is 0 Å². The van der Waals surface area contributed by atoms with Crippen LogP contribution >= 0.6 is 0 Å². The first-order chi connectivity index (χ1) is 9.24. The fraction of sp³-hybridized carbons (Fsp3) is 0.438. The predicted molar refractivity (Wildman–Crippen MR) is 76.3 cm³/mol. The zero-order valence-electron chi connectivity index (χ0n) is 11.6. The number of likely N-dealkylation sites (tertiary alicyclic amines) is 1. The molecule has 0 amide bonds. The molecule has 98 valence electrons. The summed E-state index contributed by atoms with van der Waals surface area (Å²) in [6.45, 7) is 1.17.